The van der Waals surface area contributed by atoms with Crippen LogP contribution in [0.4, 0.5) is 0 Å². The van der Waals surface area contributed by atoms with Crippen molar-refractivity contribution >= 4 is 11.5 Å². The van der Waals surface area contributed by atoms with E-state index in [1.165, 1.54) is 0 Å². The fourth-order valence-electron chi connectivity index (χ4n) is 1.01. The Kier molecular flexibility index (Phi) is 2.01. The number of aliphatic imine (C=N–C) groups is 1. The summed E-state index contributed by atoms with van der Waals surface area (Å²) in [6.07, 6.45) is -0.962. The molecule has 1 heterocycles. The van der Waals surface area contributed by atoms with Gasteiger partial charge >= 0.3 is 0 Å². The number of aliphatic hydroxyl groups is 1. The van der Waals surface area contributed by atoms with Crippen molar-refractivity contribution in [1.82, 2.24) is 0 Å². The Morgan fingerprint density at radius 1 is 1.82 bits per heavy atom. The first-order chi connectivity index (χ1) is 5.15. The van der Waals surface area contributed by atoms with Crippen LogP contribution in [0.3, 0.4) is 0 Å². The largest absolute Gasteiger partial charge is 0.370 e. The lowest BCUT2D eigenvalue weighted by atomic mass is 9.96. The minimum Gasteiger partial charge on any atom is -0.370 e. The lowest BCUT2D eigenvalue weighted by Gasteiger charge is -2.17. The Morgan fingerprint density at radius 2 is 2.45 bits per heavy atom. The average Bonchev–Trinajstić information content (AvgIpc) is 1.85. The maximum atomic E-state index is 11.0. The standard InChI is InChI=1S/C7H8N2O2/c1-4-2-6(10)5(3-8)7(11)9-4/h5,7,11H,2H2,1H3. The topological polar surface area (TPSA) is 73.5 Å². The zero-order chi connectivity index (χ0) is 8.43. The van der Waals surface area contributed by atoms with Gasteiger partial charge in [-0.05, 0) is 6.92 Å². The molecule has 0 radical (unpaired) electrons. The molecule has 0 fully saturated rings. The molecule has 2 atom stereocenters. The number of nitrogens with zero attached hydrogens (tertiary/aromatic N) is 2. The fourth-order valence-corrected chi connectivity index (χ4v) is 1.01. The predicted octanol–water partition coefficient (Wildman–Crippen LogP) is -0.122. The maximum absolute atomic E-state index is 11.0. The number of rotatable bonds is 0. The second-order valence-electron chi connectivity index (χ2n) is 2.53. The third-order valence-corrected chi connectivity index (χ3v) is 1.57. The molecule has 0 saturated heterocycles. The van der Waals surface area contributed by atoms with E-state index in [0.717, 1.165) is 0 Å². The molecule has 58 valence electrons. The first-order valence-electron chi connectivity index (χ1n) is 3.29. The van der Waals surface area contributed by atoms with Crippen LogP contribution < -0.4 is 0 Å². The first kappa shape index (κ1) is 7.89. The number of hydrogen-bond donors (Lipinski definition) is 1. The predicted molar refractivity (Wildman–Crippen MR) is 37.8 cm³/mol. The minimum atomic E-state index is -1.15. The Hall–Kier alpha value is -1.21. The molecule has 0 aliphatic carbocycles. The van der Waals surface area contributed by atoms with Gasteiger partial charge in [-0.1, -0.05) is 0 Å². The molecule has 1 aliphatic heterocycles. The van der Waals surface area contributed by atoms with Gasteiger partial charge < -0.3 is 5.11 Å². The van der Waals surface area contributed by atoms with Crippen LogP contribution in [0.1, 0.15) is 13.3 Å². The number of ketones is 1. The van der Waals surface area contributed by atoms with Gasteiger partial charge in [0.2, 0.25) is 0 Å². The van der Waals surface area contributed by atoms with E-state index >= 15 is 0 Å². The van der Waals surface area contributed by atoms with E-state index in [9.17, 15) is 4.79 Å². The van der Waals surface area contributed by atoms with E-state index in [0.29, 0.717) is 5.71 Å². The zero-order valence-electron chi connectivity index (χ0n) is 6.11. The molecule has 1 N–H and O–H groups in total. The molecular formula is C7H8N2O2. The van der Waals surface area contributed by atoms with E-state index in [4.69, 9.17) is 10.4 Å². The lowest BCUT2D eigenvalue weighted by molar-refractivity contribution is -0.123. The van der Waals surface area contributed by atoms with Gasteiger partial charge in [-0.15, -0.1) is 0 Å². The third kappa shape index (κ3) is 1.44. The molecule has 0 spiro atoms. The monoisotopic (exact) mass is 152 g/mol. The number of aliphatic hydroxyl groups excluding tert-OH is 1. The zero-order valence-corrected chi connectivity index (χ0v) is 6.11. The highest BCUT2D eigenvalue weighted by Gasteiger charge is 2.30. The van der Waals surface area contributed by atoms with Crippen molar-refractivity contribution in [3.05, 3.63) is 0 Å². The van der Waals surface area contributed by atoms with Gasteiger partial charge in [0.15, 0.2) is 17.9 Å². The molecule has 0 aromatic heterocycles. The van der Waals surface area contributed by atoms with Gasteiger partial charge in [0, 0.05) is 12.1 Å². The Bertz CT molecular complexity index is 252. The molecule has 2 unspecified atom stereocenters. The number of Topliss-reactive ketones (excluding diaryl/α,β-unsaturated/α-hetero) is 1. The van der Waals surface area contributed by atoms with Gasteiger partial charge in [-0.25, -0.2) is 0 Å². The second kappa shape index (κ2) is 2.81. The summed E-state index contributed by atoms with van der Waals surface area (Å²) in [5.41, 5.74) is 0.592. The van der Waals surface area contributed by atoms with Gasteiger partial charge in [0.25, 0.3) is 0 Å². The number of nitriles is 1. The number of hydrogen-bond acceptors (Lipinski definition) is 4. The Morgan fingerprint density at radius 3 is 2.91 bits per heavy atom. The van der Waals surface area contributed by atoms with Gasteiger partial charge in [-0.2, -0.15) is 5.26 Å². The highest BCUT2D eigenvalue weighted by Crippen LogP contribution is 2.14. The number of carbonyl (C=O) groups is 1. The van der Waals surface area contributed by atoms with Crippen LogP contribution in [0.2, 0.25) is 0 Å². The summed E-state index contributed by atoms with van der Waals surface area (Å²) >= 11 is 0. The van der Waals surface area contributed by atoms with E-state index in [1.807, 2.05) is 0 Å². The van der Waals surface area contributed by atoms with Gasteiger partial charge in [-0.3, -0.25) is 9.79 Å². The molecule has 0 amide bonds. The summed E-state index contributed by atoms with van der Waals surface area (Å²) in [6.45, 7) is 1.66. The van der Waals surface area contributed by atoms with Crippen molar-refractivity contribution in [2.24, 2.45) is 10.9 Å². The first-order valence-corrected chi connectivity index (χ1v) is 3.29. The molecule has 0 aromatic rings. The summed E-state index contributed by atoms with van der Waals surface area (Å²) in [5, 5.41) is 17.5. The quantitative estimate of drug-likeness (QED) is 0.525. The summed E-state index contributed by atoms with van der Waals surface area (Å²) in [4.78, 5) is 14.7. The molecule has 1 aliphatic rings. The molecular weight excluding hydrogens is 144 g/mol. The van der Waals surface area contributed by atoms with Crippen molar-refractivity contribution in [2.75, 3.05) is 0 Å². The summed E-state index contributed by atoms with van der Waals surface area (Å²) in [7, 11) is 0. The fraction of sp³-hybridized carbons (Fsp3) is 0.571. The van der Waals surface area contributed by atoms with Crippen LogP contribution in [0, 0.1) is 17.2 Å². The van der Waals surface area contributed by atoms with Crippen LogP contribution >= 0.6 is 0 Å². The lowest BCUT2D eigenvalue weighted by Crippen LogP contribution is -2.32. The third-order valence-electron chi connectivity index (χ3n) is 1.57. The van der Waals surface area contributed by atoms with Crippen molar-refractivity contribution in [2.45, 2.75) is 19.6 Å². The van der Waals surface area contributed by atoms with Crippen LogP contribution in [-0.4, -0.2) is 22.8 Å². The molecule has 4 heteroatoms. The van der Waals surface area contributed by atoms with Crippen LogP contribution in [0.25, 0.3) is 0 Å². The Balaban J connectivity index is 2.88. The van der Waals surface area contributed by atoms with E-state index < -0.39 is 12.1 Å². The smallest absolute Gasteiger partial charge is 0.167 e. The average molecular weight is 152 g/mol. The number of carbonyl (C=O) groups excluding carboxylic acids is 1. The van der Waals surface area contributed by atoms with Gasteiger partial charge in [0.05, 0.1) is 6.07 Å². The molecule has 0 saturated carbocycles. The Labute approximate surface area is 64.2 Å². The summed E-state index contributed by atoms with van der Waals surface area (Å²) < 4.78 is 0. The second-order valence-corrected chi connectivity index (χ2v) is 2.53. The van der Waals surface area contributed by atoms with Crippen molar-refractivity contribution < 1.29 is 9.90 Å². The SMILES string of the molecule is CC1=NC(O)C(C#N)C(=O)C1. The molecule has 0 aromatic carbocycles. The molecule has 0 bridgehead atoms. The van der Waals surface area contributed by atoms with Crippen LogP contribution in [0.15, 0.2) is 4.99 Å². The van der Waals surface area contributed by atoms with Crippen molar-refractivity contribution in [1.29, 1.82) is 5.26 Å². The van der Waals surface area contributed by atoms with E-state index in [2.05, 4.69) is 4.99 Å². The summed E-state index contributed by atoms with van der Waals surface area (Å²) in [5.74, 6) is -1.20. The van der Waals surface area contributed by atoms with Crippen LogP contribution in [-0.2, 0) is 4.79 Å². The highest BCUT2D eigenvalue weighted by molar-refractivity contribution is 6.04. The van der Waals surface area contributed by atoms with Crippen molar-refractivity contribution in [3.8, 4) is 6.07 Å². The minimum absolute atomic E-state index is 0.190. The maximum Gasteiger partial charge on any atom is 0.167 e. The summed E-state index contributed by atoms with van der Waals surface area (Å²) in [6, 6.07) is 1.72. The highest BCUT2D eigenvalue weighted by atomic mass is 16.3. The van der Waals surface area contributed by atoms with Crippen LogP contribution in [0.5, 0.6) is 0 Å². The van der Waals surface area contributed by atoms with E-state index in [-0.39, 0.29) is 12.2 Å². The molecule has 11 heavy (non-hydrogen) atoms. The van der Waals surface area contributed by atoms with Crippen molar-refractivity contribution in [3.63, 3.8) is 0 Å². The normalized spacial score (nSPS) is 31.0. The van der Waals surface area contributed by atoms with E-state index in [1.54, 1.807) is 13.0 Å². The molecule has 1 rings (SSSR count). The van der Waals surface area contributed by atoms with Gasteiger partial charge in [0.1, 0.15) is 0 Å². The molecule has 4 nitrogen and oxygen atoms in total.